The van der Waals surface area contributed by atoms with Crippen molar-refractivity contribution in [2.24, 2.45) is 0 Å². The van der Waals surface area contributed by atoms with E-state index >= 15 is 0 Å². The molecule has 1 aliphatic rings. The molecule has 0 aliphatic carbocycles. The second-order valence-electron chi connectivity index (χ2n) is 5.90. The number of nitrogens with one attached hydrogen (secondary N) is 2. The molecule has 0 unspecified atom stereocenters. The number of fused-ring (bicyclic) bond motifs is 1. The van der Waals surface area contributed by atoms with Crippen LogP contribution in [0.5, 0.6) is 0 Å². The molecular weight excluding hydrogens is 360 g/mol. The fourth-order valence-electron chi connectivity index (χ4n) is 2.81. The Morgan fingerprint density at radius 1 is 1.36 bits per heavy atom. The lowest BCUT2D eigenvalue weighted by Gasteiger charge is -2.25. The molecule has 1 aromatic carbocycles. The first-order valence-electron chi connectivity index (χ1n) is 8.01. The quantitative estimate of drug-likeness (QED) is 0.732. The normalized spacial score (nSPS) is 15.6. The monoisotopic (exact) mass is 376 g/mol. The fourth-order valence-corrected chi connectivity index (χ4v) is 3.68. The summed E-state index contributed by atoms with van der Waals surface area (Å²) in [6.45, 7) is 4.13. The zero-order valence-corrected chi connectivity index (χ0v) is 15.0. The van der Waals surface area contributed by atoms with E-state index in [2.05, 4.69) is 20.2 Å². The molecule has 0 atom stereocenters. The number of morpholine rings is 1. The summed E-state index contributed by atoms with van der Waals surface area (Å²) in [5.41, 5.74) is 2.29. The molecule has 0 radical (unpaired) electrons. The average Bonchev–Trinajstić information content (AvgIpc) is 3.22. The van der Waals surface area contributed by atoms with E-state index in [0.717, 1.165) is 49.4 Å². The number of carbonyl (C=O) groups excluding carboxylic acids is 1. The molecule has 2 aromatic heterocycles. The van der Waals surface area contributed by atoms with E-state index in [4.69, 9.17) is 16.3 Å². The van der Waals surface area contributed by atoms with Crippen LogP contribution in [0.15, 0.2) is 29.6 Å². The van der Waals surface area contributed by atoms with Gasteiger partial charge in [-0.15, -0.1) is 11.3 Å². The lowest BCUT2D eigenvalue weighted by atomic mass is 10.2. The van der Waals surface area contributed by atoms with Gasteiger partial charge in [0.1, 0.15) is 5.69 Å². The first kappa shape index (κ1) is 16.5. The van der Waals surface area contributed by atoms with Gasteiger partial charge in [-0.3, -0.25) is 15.0 Å². The summed E-state index contributed by atoms with van der Waals surface area (Å²) in [5.74, 6) is -0.209. The maximum atomic E-state index is 12.4. The minimum atomic E-state index is -0.209. The Labute approximate surface area is 153 Å². The Morgan fingerprint density at radius 3 is 3.04 bits per heavy atom. The molecule has 2 N–H and O–H groups in total. The number of ether oxygens (including phenoxy) is 1. The van der Waals surface area contributed by atoms with Crippen LogP contribution in [0.4, 0.5) is 5.13 Å². The van der Waals surface area contributed by atoms with Gasteiger partial charge in [-0.2, -0.15) is 0 Å². The first-order chi connectivity index (χ1) is 12.2. The third kappa shape index (κ3) is 3.85. The van der Waals surface area contributed by atoms with Gasteiger partial charge in [0.2, 0.25) is 0 Å². The second-order valence-corrected chi connectivity index (χ2v) is 7.20. The number of hydrogen-bond donors (Lipinski definition) is 2. The summed E-state index contributed by atoms with van der Waals surface area (Å²) >= 11 is 7.41. The topological polar surface area (TPSA) is 70.2 Å². The van der Waals surface area contributed by atoms with Gasteiger partial charge in [0.25, 0.3) is 5.91 Å². The van der Waals surface area contributed by atoms with Crippen molar-refractivity contribution in [1.82, 2.24) is 14.9 Å². The second kappa shape index (κ2) is 7.13. The lowest BCUT2D eigenvalue weighted by Crippen LogP contribution is -2.35. The average molecular weight is 377 g/mol. The highest BCUT2D eigenvalue weighted by Crippen LogP contribution is 2.22. The summed E-state index contributed by atoms with van der Waals surface area (Å²) in [4.78, 5) is 22.3. The zero-order chi connectivity index (χ0) is 17.2. The molecule has 0 spiro atoms. The number of H-pyrrole nitrogens is 1. The van der Waals surface area contributed by atoms with Gasteiger partial charge < -0.3 is 9.72 Å². The van der Waals surface area contributed by atoms with Gasteiger partial charge in [-0.05, 0) is 18.2 Å². The van der Waals surface area contributed by atoms with Crippen molar-refractivity contribution in [1.29, 1.82) is 0 Å². The van der Waals surface area contributed by atoms with Crippen LogP contribution in [0.3, 0.4) is 0 Å². The molecule has 1 saturated heterocycles. The van der Waals surface area contributed by atoms with E-state index < -0.39 is 0 Å². The molecule has 1 amide bonds. The minimum absolute atomic E-state index is 0.209. The van der Waals surface area contributed by atoms with Gasteiger partial charge >= 0.3 is 0 Å². The maximum absolute atomic E-state index is 12.4. The van der Waals surface area contributed by atoms with Gasteiger partial charge in [0, 0.05) is 40.9 Å². The van der Waals surface area contributed by atoms with Crippen molar-refractivity contribution in [2.75, 3.05) is 31.6 Å². The molecule has 1 aliphatic heterocycles. The number of halogens is 1. The summed E-state index contributed by atoms with van der Waals surface area (Å²) in [7, 11) is 0. The van der Waals surface area contributed by atoms with Crippen LogP contribution in [-0.2, 0) is 11.3 Å². The van der Waals surface area contributed by atoms with Crippen molar-refractivity contribution in [3.05, 3.63) is 46.1 Å². The smallest absolute Gasteiger partial charge is 0.273 e. The Balaban J connectivity index is 1.43. The van der Waals surface area contributed by atoms with E-state index in [1.807, 2.05) is 17.5 Å². The largest absolute Gasteiger partial charge is 0.379 e. The predicted octanol–water partition coefficient (Wildman–Crippen LogP) is 3.36. The molecule has 1 fully saturated rings. The van der Waals surface area contributed by atoms with Gasteiger partial charge in [0.05, 0.1) is 18.9 Å². The van der Waals surface area contributed by atoms with Crippen LogP contribution in [0, 0.1) is 0 Å². The maximum Gasteiger partial charge on any atom is 0.273 e. The third-order valence-electron chi connectivity index (χ3n) is 4.09. The van der Waals surface area contributed by atoms with Crippen molar-refractivity contribution in [3.8, 4) is 0 Å². The van der Waals surface area contributed by atoms with Crippen LogP contribution in [0.25, 0.3) is 10.9 Å². The first-order valence-corrected chi connectivity index (χ1v) is 9.27. The zero-order valence-electron chi connectivity index (χ0n) is 13.4. The minimum Gasteiger partial charge on any atom is -0.379 e. The number of anilines is 1. The van der Waals surface area contributed by atoms with Gasteiger partial charge in [-0.1, -0.05) is 17.7 Å². The van der Waals surface area contributed by atoms with Crippen LogP contribution in [0.1, 0.15) is 16.2 Å². The Morgan fingerprint density at radius 2 is 2.20 bits per heavy atom. The number of aromatic amines is 1. The van der Waals surface area contributed by atoms with Crippen molar-refractivity contribution in [2.45, 2.75) is 6.54 Å². The molecular formula is C17H17ClN4O2S. The Kier molecular flexibility index (Phi) is 4.72. The standard InChI is InChI=1S/C17H17ClN4O2S/c18-12-2-1-11-7-15(20-14(11)8-12)16(23)21-17-19-13(10-25-17)9-22-3-5-24-6-4-22/h1-2,7-8,10,20H,3-6,9H2,(H,19,21,23). The molecule has 8 heteroatoms. The number of amides is 1. The molecule has 0 bridgehead atoms. The molecule has 6 nitrogen and oxygen atoms in total. The number of nitrogens with zero attached hydrogens (tertiary/aromatic N) is 2. The number of aromatic nitrogens is 2. The van der Waals surface area contributed by atoms with E-state index in [-0.39, 0.29) is 5.91 Å². The molecule has 130 valence electrons. The highest BCUT2D eigenvalue weighted by Gasteiger charge is 2.15. The van der Waals surface area contributed by atoms with E-state index in [1.165, 1.54) is 11.3 Å². The molecule has 3 heterocycles. The molecule has 0 saturated carbocycles. The SMILES string of the molecule is O=C(Nc1nc(CN2CCOCC2)cs1)c1cc2ccc(Cl)cc2[nH]1. The summed E-state index contributed by atoms with van der Waals surface area (Å²) in [6.07, 6.45) is 0. The Hall–Kier alpha value is -1.93. The van der Waals surface area contributed by atoms with Crippen molar-refractivity contribution in [3.63, 3.8) is 0 Å². The van der Waals surface area contributed by atoms with Crippen molar-refractivity contribution < 1.29 is 9.53 Å². The summed E-state index contributed by atoms with van der Waals surface area (Å²) in [5, 5.41) is 7.02. The van der Waals surface area contributed by atoms with E-state index in [0.29, 0.717) is 15.8 Å². The number of carbonyl (C=O) groups is 1. The number of hydrogen-bond acceptors (Lipinski definition) is 5. The number of rotatable bonds is 4. The van der Waals surface area contributed by atoms with Gasteiger partial charge in [-0.25, -0.2) is 4.98 Å². The van der Waals surface area contributed by atoms with Crippen LogP contribution in [0.2, 0.25) is 5.02 Å². The predicted molar refractivity (Wildman–Crippen MR) is 99.5 cm³/mol. The summed E-state index contributed by atoms with van der Waals surface area (Å²) < 4.78 is 5.35. The van der Waals surface area contributed by atoms with E-state index in [1.54, 1.807) is 12.1 Å². The molecule has 3 aromatic rings. The van der Waals surface area contributed by atoms with Crippen LogP contribution < -0.4 is 5.32 Å². The highest BCUT2D eigenvalue weighted by atomic mass is 35.5. The lowest BCUT2D eigenvalue weighted by molar-refractivity contribution is 0.0337. The van der Waals surface area contributed by atoms with E-state index in [9.17, 15) is 4.79 Å². The third-order valence-corrected chi connectivity index (χ3v) is 5.13. The highest BCUT2D eigenvalue weighted by molar-refractivity contribution is 7.13. The Bertz CT molecular complexity index is 901. The fraction of sp³-hybridized carbons (Fsp3) is 0.294. The molecule has 25 heavy (non-hydrogen) atoms. The number of benzene rings is 1. The number of thiazole rings is 1. The summed E-state index contributed by atoms with van der Waals surface area (Å²) in [6, 6.07) is 7.30. The van der Waals surface area contributed by atoms with Crippen LogP contribution in [-0.4, -0.2) is 47.1 Å². The molecule has 4 rings (SSSR count). The van der Waals surface area contributed by atoms with Gasteiger partial charge in [0.15, 0.2) is 5.13 Å². The van der Waals surface area contributed by atoms with Crippen LogP contribution >= 0.6 is 22.9 Å². The van der Waals surface area contributed by atoms with Crippen molar-refractivity contribution >= 4 is 44.9 Å².